The third-order valence-electron chi connectivity index (χ3n) is 5.00. The van der Waals surface area contributed by atoms with Crippen LogP contribution in [-0.4, -0.2) is 29.8 Å². The molecule has 2 nitrogen and oxygen atoms in total. The fourth-order valence-corrected chi connectivity index (χ4v) is 3.79. The van der Waals surface area contributed by atoms with E-state index in [1.54, 1.807) is 0 Å². The Morgan fingerprint density at radius 2 is 1.67 bits per heavy atom. The van der Waals surface area contributed by atoms with Crippen LogP contribution < -0.4 is 0 Å². The van der Waals surface area contributed by atoms with Crippen LogP contribution in [0.4, 0.5) is 13.2 Å². The van der Waals surface area contributed by atoms with Crippen LogP contribution in [0.15, 0.2) is 12.1 Å². The number of carbonyl (C=O) groups is 1. The monoisotopic (exact) mass is 297 g/mol. The van der Waals surface area contributed by atoms with Crippen molar-refractivity contribution >= 4 is 5.78 Å². The molecule has 0 spiro atoms. The van der Waals surface area contributed by atoms with Gasteiger partial charge in [-0.3, -0.25) is 4.79 Å². The molecule has 1 aromatic carbocycles. The van der Waals surface area contributed by atoms with E-state index >= 15 is 0 Å². The summed E-state index contributed by atoms with van der Waals surface area (Å²) in [4.78, 5) is 14.7. The second-order valence-corrected chi connectivity index (χ2v) is 6.15. The fourth-order valence-electron chi connectivity index (χ4n) is 3.79. The first-order valence-corrected chi connectivity index (χ1v) is 7.38. The minimum Gasteiger partial charge on any atom is -0.300 e. The maximum atomic E-state index is 13.8. The zero-order valence-corrected chi connectivity index (χ0v) is 11.9. The number of hydrogen-bond donors (Lipinski definition) is 0. The van der Waals surface area contributed by atoms with Crippen molar-refractivity contribution in [2.45, 2.75) is 44.2 Å². The maximum Gasteiger partial charge on any atom is 0.172 e. The lowest BCUT2D eigenvalue weighted by Crippen LogP contribution is -2.51. The second kappa shape index (κ2) is 5.44. The highest BCUT2D eigenvalue weighted by Gasteiger charge is 2.40. The van der Waals surface area contributed by atoms with Gasteiger partial charge in [0.2, 0.25) is 0 Å². The molecule has 5 heteroatoms. The van der Waals surface area contributed by atoms with Crippen molar-refractivity contribution < 1.29 is 18.0 Å². The summed E-state index contributed by atoms with van der Waals surface area (Å²) in [5.41, 5.74) is -0.706. The van der Waals surface area contributed by atoms with Crippen molar-refractivity contribution in [1.82, 2.24) is 4.90 Å². The number of carbonyl (C=O) groups excluding carboxylic acids is 1. The molecular formula is C16H18F3NO. The minimum absolute atomic E-state index is 0.283. The first kappa shape index (κ1) is 14.6. The number of halogens is 3. The predicted molar refractivity (Wildman–Crippen MR) is 72.6 cm³/mol. The number of fused-ring (bicyclic) bond motifs is 2. The highest BCUT2D eigenvalue weighted by Crippen LogP contribution is 2.37. The van der Waals surface area contributed by atoms with Crippen LogP contribution in [0.1, 0.15) is 42.5 Å². The van der Waals surface area contributed by atoms with Gasteiger partial charge in [0.25, 0.3) is 0 Å². The summed E-state index contributed by atoms with van der Waals surface area (Å²) in [7, 11) is 2.04. The molecule has 2 unspecified atom stereocenters. The molecule has 0 aromatic heterocycles. The van der Waals surface area contributed by atoms with Crippen LogP contribution in [0.25, 0.3) is 0 Å². The van der Waals surface area contributed by atoms with E-state index in [1.807, 2.05) is 7.05 Å². The quantitative estimate of drug-likeness (QED) is 0.614. The van der Waals surface area contributed by atoms with Crippen LogP contribution in [0.2, 0.25) is 0 Å². The normalized spacial score (nSPS) is 29.4. The summed E-state index contributed by atoms with van der Waals surface area (Å²) >= 11 is 0. The fraction of sp³-hybridized carbons (Fsp3) is 0.562. The Labute approximate surface area is 121 Å². The van der Waals surface area contributed by atoms with Crippen molar-refractivity contribution in [3.63, 3.8) is 0 Å². The third-order valence-corrected chi connectivity index (χ3v) is 5.00. The van der Waals surface area contributed by atoms with E-state index in [0.717, 1.165) is 25.3 Å². The average molecular weight is 297 g/mol. The Balaban J connectivity index is 1.88. The van der Waals surface area contributed by atoms with Gasteiger partial charge in [-0.05, 0) is 44.9 Å². The van der Waals surface area contributed by atoms with Crippen LogP contribution in [0, 0.1) is 23.4 Å². The van der Waals surface area contributed by atoms with Gasteiger partial charge in [-0.1, -0.05) is 6.42 Å². The minimum atomic E-state index is -1.36. The Hall–Kier alpha value is -1.36. The van der Waals surface area contributed by atoms with Gasteiger partial charge in [-0.2, -0.15) is 0 Å². The van der Waals surface area contributed by atoms with E-state index in [2.05, 4.69) is 4.90 Å². The molecule has 21 heavy (non-hydrogen) atoms. The number of Topliss-reactive ketones (excluding diaryl/α,β-unsaturated/α-hetero) is 1. The van der Waals surface area contributed by atoms with Crippen molar-refractivity contribution in [3.8, 4) is 0 Å². The van der Waals surface area contributed by atoms with Crippen LogP contribution in [-0.2, 0) is 0 Å². The van der Waals surface area contributed by atoms with E-state index in [-0.39, 0.29) is 12.1 Å². The number of rotatable bonds is 2. The maximum absolute atomic E-state index is 13.8. The molecule has 0 saturated carbocycles. The van der Waals surface area contributed by atoms with Gasteiger partial charge in [-0.15, -0.1) is 0 Å². The molecule has 2 heterocycles. The molecule has 2 aliphatic heterocycles. The van der Waals surface area contributed by atoms with E-state index < -0.39 is 34.7 Å². The number of ketones is 1. The summed E-state index contributed by atoms with van der Waals surface area (Å²) in [6.07, 6.45) is 4.33. The van der Waals surface area contributed by atoms with E-state index in [9.17, 15) is 18.0 Å². The Morgan fingerprint density at radius 1 is 1.10 bits per heavy atom. The first-order valence-electron chi connectivity index (χ1n) is 7.38. The zero-order chi connectivity index (χ0) is 15.1. The van der Waals surface area contributed by atoms with Gasteiger partial charge >= 0.3 is 0 Å². The molecule has 2 fully saturated rings. The lowest BCUT2D eigenvalue weighted by Gasteiger charge is -2.46. The lowest BCUT2D eigenvalue weighted by molar-refractivity contribution is 0.0334. The van der Waals surface area contributed by atoms with Gasteiger partial charge in [-0.25, -0.2) is 13.2 Å². The number of hydrogen-bond acceptors (Lipinski definition) is 2. The lowest BCUT2D eigenvalue weighted by atomic mass is 9.76. The molecule has 2 saturated heterocycles. The summed E-state index contributed by atoms with van der Waals surface area (Å²) < 4.78 is 40.8. The molecule has 2 atom stereocenters. The Bertz CT molecular complexity index is 561. The summed E-state index contributed by atoms with van der Waals surface area (Å²) in [5, 5.41) is 0. The van der Waals surface area contributed by atoms with Crippen LogP contribution >= 0.6 is 0 Å². The second-order valence-electron chi connectivity index (χ2n) is 6.15. The third kappa shape index (κ3) is 2.48. The number of piperidine rings is 2. The van der Waals surface area contributed by atoms with Crippen molar-refractivity contribution in [1.29, 1.82) is 0 Å². The van der Waals surface area contributed by atoms with E-state index in [0.29, 0.717) is 18.9 Å². The largest absolute Gasteiger partial charge is 0.300 e. The van der Waals surface area contributed by atoms with Crippen LogP contribution in [0.3, 0.4) is 0 Å². The highest BCUT2D eigenvalue weighted by molar-refractivity contribution is 5.98. The predicted octanol–water partition coefficient (Wildman–Crippen LogP) is 3.55. The number of benzene rings is 1. The molecule has 2 bridgehead atoms. The van der Waals surface area contributed by atoms with Crippen molar-refractivity contribution in [2.75, 3.05) is 7.05 Å². The van der Waals surface area contributed by atoms with Gasteiger partial charge in [0.05, 0.1) is 5.56 Å². The molecule has 3 rings (SSSR count). The van der Waals surface area contributed by atoms with Gasteiger partial charge < -0.3 is 4.90 Å². The molecule has 0 radical (unpaired) electrons. The summed E-state index contributed by atoms with van der Waals surface area (Å²) in [6, 6.07) is 2.10. The summed E-state index contributed by atoms with van der Waals surface area (Å²) in [6.45, 7) is 0. The molecule has 0 aliphatic carbocycles. The average Bonchev–Trinajstić information content (AvgIpc) is 2.43. The SMILES string of the molecule is CN1C2CCCC1CC(C(=O)c1c(F)ccc(F)c1F)C2. The smallest absolute Gasteiger partial charge is 0.172 e. The van der Waals surface area contributed by atoms with Crippen molar-refractivity contribution in [2.24, 2.45) is 5.92 Å². The van der Waals surface area contributed by atoms with Gasteiger partial charge in [0, 0.05) is 18.0 Å². The molecule has 114 valence electrons. The van der Waals surface area contributed by atoms with Gasteiger partial charge in [0.1, 0.15) is 5.82 Å². The molecule has 2 aliphatic rings. The Kier molecular flexibility index (Phi) is 3.78. The molecule has 1 aromatic rings. The highest BCUT2D eigenvalue weighted by atomic mass is 19.2. The molecule has 0 amide bonds. The Morgan fingerprint density at radius 3 is 2.29 bits per heavy atom. The van der Waals surface area contributed by atoms with E-state index in [1.165, 1.54) is 0 Å². The standard InChI is InChI=1S/C16H18F3NO/c1-20-10-3-2-4-11(20)8-9(7-10)16(21)14-12(17)5-6-13(18)15(14)19/h5-6,9-11H,2-4,7-8H2,1H3. The number of nitrogens with zero attached hydrogens (tertiary/aromatic N) is 1. The van der Waals surface area contributed by atoms with Crippen LogP contribution in [0.5, 0.6) is 0 Å². The topological polar surface area (TPSA) is 20.3 Å². The van der Waals surface area contributed by atoms with Crippen molar-refractivity contribution in [3.05, 3.63) is 35.1 Å². The van der Waals surface area contributed by atoms with Gasteiger partial charge in [0.15, 0.2) is 17.4 Å². The zero-order valence-electron chi connectivity index (χ0n) is 11.9. The molecule has 0 N–H and O–H groups in total. The molecular weight excluding hydrogens is 279 g/mol. The first-order chi connectivity index (χ1) is 9.99. The van der Waals surface area contributed by atoms with E-state index in [4.69, 9.17) is 0 Å². The summed E-state index contributed by atoms with van der Waals surface area (Å²) in [5.74, 6) is -4.50.